The molecule has 1 rings (SSSR count). The number of amides is 1. The van der Waals surface area contributed by atoms with E-state index in [1.807, 2.05) is 19.9 Å². The smallest absolute Gasteiger partial charge is 0.224 e. The first kappa shape index (κ1) is 13.3. The van der Waals surface area contributed by atoms with Gasteiger partial charge in [0, 0.05) is 19.0 Å². The number of rotatable bonds is 4. The molecule has 4 nitrogen and oxygen atoms in total. The van der Waals surface area contributed by atoms with E-state index in [4.69, 9.17) is 10.2 Å². The van der Waals surface area contributed by atoms with Gasteiger partial charge in [0.1, 0.15) is 5.76 Å². The summed E-state index contributed by atoms with van der Waals surface area (Å²) in [7, 11) is 1.74. The van der Waals surface area contributed by atoms with Crippen molar-refractivity contribution in [2.75, 3.05) is 7.05 Å². The van der Waals surface area contributed by atoms with Gasteiger partial charge in [-0.3, -0.25) is 4.79 Å². The molecule has 16 heavy (non-hydrogen) atoms. The molecule has 1 amide bonds. The Bertz CT molecular complexity index is 368. The Labute approximate surface area is 104 Å². The third-order valence-corrected chi connectivity index (χ3v) is 2.48. The Morgan fingerprint density at radius 3 is 2.62 bits per heavy atom. The van der Waals surface area contributed by atoms with E-state index in [0.717, 1.165) is 5.76 Å². The zero-order valence-electron chi connectivity index (χ0n) is 9.79. The normalized spacial score (nSPS) is 11.6. The number of carbonyl (C=O) groups excluding carboxylic acids is 1. The molecule has 2 N–H and O–H groups in total. The summed E-state index contributed by atoms with van der Waals surface area (Å²) in [5, 5.41) is 0. The lowest BCUT2D eigenvalue weighted by Gasteiger charge is -2.22. The first-order valence-corrected chi connectivity index (χ1v) is 5.84. The van der Waals surface area contributed by atoms with Crippen LogP contribution in [0.25, 0.3) is 0 Å². The lowest BCUT2D eigenvalue weighted by Crippen LogP contribution is -2.39. The van der Waals surface area contributed by atoms with Crippen LogP contribution in [0, 0.1) is 0 Å². The van der Waals surface area contributed by atoms with Gasteiger partial charge in [-0.05, 0) is 41.9 Å². The topological polar surface area (TPSA) is 59.5 Å². The van der Waals surface area contributed by atoms with Gasteiger partial charge in [-0.15, -0.1) is 0 Å². The Balaban J connectivity index is 2.52. The van der Waals surface area contributed by atoms with E-state index in [9.17, 15) is 4.79 Å². The molecule has 0 aliphatic carbocycles. The van der Waals surface area contributed by atoms with Crippen LogP contribution in [0.5, 0.6) is 0 Å². The predicted molar refractivity (Wildman–Crippen MR) is 65.8 cm³/mol. The second-order valence-corrected chi connectivity index (χ2v) is 5.40. The Hall–Kier alpha value is -0.810. The number of furan rings is 1. The molecule has 0 saturated heterocycles. The number of nitrogens with two attached hydrogens (primary N) is 1. The minimum atomic E-state index is -0.477. The van der Waals surface area contributed by atoms with E-state index in [0.29, 0.717) is 17.6 Å². The lowest BCUT2D eigenvalue weighted by atomic mass is 10.0. The van der Waals surface area contributed by atoms with Crippen molar-refractivity contribution >= 4 is 21.8 Å². The van der Waals surface area contributed by atoms with Crippen LogP contribution in [0.1, 0.15) is 26.0 Å². The number of carbonyl (C=O) groups is 1. The highest BCUT2D eigenvalue weighted by molar-refractivity contribution is 9.10. The van der Waals surface area contributed by atoms with Gasteiger partial charge < -0.3 is 15.1 Å². The fourth-order valence-electron chi connectivity index (χ4n) is 1.28. The van der Waals surface area contributed by atoms with Crippen molar-refractivity contribution in [2.45, 2.75) is 32.4 Å². The zero-order valence-corrected chi connectivity index (χ0v) is 11.4. The van der Waals surface area contributed by atoms with Crippen molar-refractivity contribution in [2.24, 2.45) is 5.73 Å². The average molecular weight is 289 g/mol. The van der Waals surface area contributed by atoms with Crippen LogP contribution in [0.3, 0.4) is 0 Å². The van der Waals surface area contributed by atoms with Crippen LogP contribution in [-0.4, -0.2) is 23.4 Å². The summed E-state index contributed by atoms with van der Waals surface area (Å²) < 4.78 is 5.99. The molecule has 0 unspecified atom stereocenters. The Morgan fingerprint density at radius 2 is 2.19 bits per heavy atom. The van der Waals surface area contributed by atoms with E-state index >= 15 is 0 Å². The Morgan fingerprint density at radius 1 is 1.56 bits per heavy atom. The summed E-state index contributed by atoms with van der Waals surface area (Å²) in [6.07, 6.45) is 0.325. The highest BCUT2D eigenvalue weighted by atomic mass is 79.9. The molecule has 0 atom stereocenters. The standard InChI is InChI=1S/C11H17BrN2O2/c1-11(2,13)6-10(15)14(3)7-8-4-5-9(12)16-8/h4-5H,6-7,13H2,1-3H3. The molecule has 0 bridgehead atoms. The summed E-state index contributed by atoms with van der Waals surface area (Å²) in [4.78, 5) is 13.4. The number of halogens is 1. The summed E-state index contributed by atoms with van der Waals surface area (Å²) in [5.41, 5.74) is 5.32. The van der Waals surface area contributed by atoms with Crippen LogP contribution in [0.15, 0.2) is 21.2 Å². The van der Waals surface area contributed by atoms with Gasteiger partial charge >= 0.3 is 0 Å². The fourth-order valence-corrected chi connectivity index (χ4v) is 1.62. The van der Waals surface area contributed by atoms with Gasteiger partial charge in [-0.25, -0.2) is 0 Å². The minimum absolute atomic E-state index is 0.0139. The van der Waals surface area contributed by atoms with E-state index in [1.54, 1.807) is 18.0 Å². The molecule has 0 fully saturated rings. The maximum absolute atomic E-state index is 11.8. The molecule has 0 aliphatic heterocycles. The Kier molecular flexibility index (Phi) is 4.15. The van der Waals surface area contributed by atoms with Gasteiger partial charge in [0.25, 0.3) is 0 Å². The first-order chi connectivity index (χ1) is 7.28. The molecule has 90 valence electrons. The minimum Gasteiger partial charge on any atom is -0.452 e. The molecule has 0 saturated carbocycles. The molecule has 0 radical (unpaired) electrons. The maximum atomic E-state index is 11.8. The summed E-state index contributed by atoms with van der Waals surface area (Å²) >= 11 is 3.22. The average Bonchev–Trinajstić information content (AvgIpc) is 2.48. The molecule has 1 heterocycles. The van der Waals surface area contributed by atoms with Gasteiger partial charge in [-0.2, -0.15) is 0 Å². The van der Waals surface area contributed by atoms with Crippen LogP contribution < -0.4 is 5.73 Å². The third-order valence-electron chi connectivity index (χ3n) is 2.05. The third kappa shape index (κ3) is 4.37. The number of hydrogen-bond donors (Lipinski definition) is 1. The fraction of sp³-hybridized carbons (Fsp3) is 0.545. The van der Waals surface area contributed by atoms with Crippen LogP contribution in [0.4, 0.5) is 0 Å². The molecule has 1 aromatic heterocycles. The van der Waals surface area contributed by atoms with Gasteiger partial charge in [0.15, 0.2) is 4.67 Å². The molecule has 0 aliphatic rings. The highest BCUT2D eigenvalue weighted by Gasteiger charge is 2.19. The van der Waals surface area contributed by atoms with Crippen molar-refractivity contribution in [3.8, 4) is 0 Å². The van der Waals surface area contributed by atoms with Gasteiger partial charge in [-0.1, -0.05) is 0 Å². The van der Waals surface area contributed by atoms with E-state index < -0.39 is 5.54 Å². The number of hydrogen-bond acceptors (Lipinski definition) is 3. The zero-order chi connectivity index (χ0) is 12.3. The SMILES string of the molecule is CN(Cc1ccc(Br)o1)C(=O)CC(C)(C)N. The van der Waals surface area contributed by atoms with Gasteiger partial charge in [0.05, 0.1) is 6.54 Å². The van der Waals surface area contributed by atoms with Crippen LogP contribution in [0.2, 0.25) is 0 Å². The van der Waals surface area contributed by atoms with Gasteiger partial charge in [0.2, 0.25) is 5.91 Å². The summed E-state index contributed by atoms with van der Waals surface area (Å²) in [5.74, 6) is 0.762. The van der Waals surface area contributed by atoms with Crippen LogP contribution in [-0.2, 0) is 11.3 Å². The molecule has 5 heteroatoms. The second kappa shape index (κ2) is 5.01. The quantitative estimate of drug-likeness (QED) is 0.923. The van der Waals surface area contributed by atoms with Crippen molar-refractivity contribution in [3.63, 3.8) is 0 Å². The second-order valence-electron chi connectivity index (χ2n) is 4.62. The van der Waals surface area contributed by atoms with Crippen molar-refractivity contribution in [1.82, 2.24) is 4.90 Å². The summed E-state index contributed by atoms with van der Waals surface area (Å²) in [6, 6.07) is 3.64. The molecular formula is C11H17BrN2O2. The first-order valence-electron chi connectivity index (χ1n) is 5.05. The monoisotopic (exact) mass is 288 g/mol. The van der Waals surface area contributed by atoms with Crippen molar-refractivity contribution in [1.29, 1.82) is 0 Å². The van der Waals surface area contributed by atoms with E-state index in [-0.39, 0.29) is 5.91 Å². The van der Waals surface area contributed by atoms with Crippen LogP contribution >= 0.6 is 15.9 Å². The highest BCUT2D eigenvalue weighted by Crippen LogP contribution is 2.16. The van der Waals surface area contributed by atoms with Crippen molar-refractivity contribution < 1.29 is 9.21 Å². The molecular weight excluding hydrogens is 272 g/mol. The predicted octanol–water partition coefficient (Wildman–Crippen LogP) is 2.13. The molecule has 0 spiro atoms. The molecule has 0 aromatic carbocycles. The van der Waals surface area contributed by atoms with Crippen molar-refractivity contribution in [3.05, 3.63) is 22.6 Å². The van der Waals surface area contributed by atoms with E-state index in [1.165, 1.54) is 0 Å². The lowest BCUT2D eigenvalue weighted by molar-refractivity contribution is -0.131. The number of nitrogens with zero attached hydrogens (tertiary/aromatic N) is 1. The van der Waals surface area contributed by atoms with E-state index in [2.05, 4.69) is 15.9 Å². The summed E-state index contributed by atoms with van der Waals surface area (Å²) in [6.45, 7) is 4.13. The maximum Gasteiger partial charge on any atom is 0.224 e. The largest absolute Gasteiger partial charge is 0.452 e. The molecule has 1 aromatic rings.